The molecular weight excluding hydrogens is 204 g/mol. The van der Waals surface area contributed by atoms with E-state index < -0.39 is 11.8 Å². The molecule has 0 aromatic heterocycles. The van der Waals surface area contributed by atoms with Gasteiger partial charge in [0.05, 0.1) is 5.33 Å². The summed E-state index contributed by atoms with van der Waals surface area (Å²) in [6.45, 7) is 0. The van der Waals surface area contributed by atoms with Crippen LogP contribution in [0, 0.1) is 0 Å². The molecule has 10 heavy (non-hydrogen) atoms. The zero-order valence-electron chi connectivity index (χ0n) is 4.87. The van der Waals surface area contributed by atoms with E-state index >= 15 is 0 Å². The number of hydrogen-bond donors (Lipinski definition) is 0. The highest BCUT2D eigenvalue weighted by Crippen LogP contribution is 2.21. The lowest BCUT2D eigenvalue weighted by Gasteiger charge is -2.25. The predicted molar refractivity (Wildman–Crippen MR) is 32.8 cm³/mol. The highest BCUT2D eigenvalue weighted by atomic mass is 79.9. The monoisotopic (exact) mass is 207 g/mol. The van der Waals surface area contributed by atoms with Crippen LogP contribution in [0.15, 0.2) is 12.5 Å². The third-order valence-electron chi connectivity index (χ3n) is 1.06. The standard InChI is InChI=1S/C5H5BrO4/c6-3-5(4(7)8)9-1-2-10-5/h1-2H,3H2,(H,7,8)/p-1. The van der Waals surface area contributed by atoms with Crippen molar-refractivity contribution in [3.63, 3.8) is 0 Å². The fourth-order valence-corrected chi connectivity index (χ4v) is 1.01. The van der Waals surface area contributed by atoms with Gasteiger partial charge in [-0.05, 0) is 0 Å². The van der Waals surface area contributed by atoms with Crippen LogP contribution in [0.1, 0.15) is 0 Å². The molecule has 0 atom stereocenters. The fourth-order valence-electron chi connectivity index (χ4n) is 0.517. The molecule has 0 saturated carbocycles. The van der Waals surface area contributed by atoms with Crippen molar-refractivity contribution in [3.05, 3.63) is 12.5 Å². The predicted octanol–water partition coefficient (Wildman–Crippen LogP) is -0.655. The van der Waals surface area contributed by atoms with Crippen molar-refractivity contribution in [1.82, 2.24) is 0 Å². The Hall–Kier alpha value is -0.710. The molecule has 1 aliphatic rings. The molecule has 1 rings (SSSR count). The summed E-state index contributed by atoms with van der Waals surface area (Å²) in [6.07, 6.45) is 2.33. The van der Waals surface area contributed by atoms with Crippen LogP contribution in [0.3, 0.4) is 0 Å². The zero-order valence-corrected chi connectivity index (χ0v) is 6.46. The minimum absolute atomic E-state index is 0.0370. The molecule has 5 heteroatoms. The molecule has 0 aliphatic carbocycles. The number of carboxylic acids is 1. The van der Waals surface area contributed by atoms with Gasteiger partial charge in [-0.3, -0.25) is 0 Å². The Bertz CT molecular complexity index is 168. The first-order valence-corrected chi connectivity index (χ1v) is 3.61. The molecule has 0 fully saturated rings. The smallest absolute Gasteiger partial charge is 0.301 e. The lowest BCUT2D eigenvalue weighted by atomic mass is 10.3. The van der Waals surface area contributed by atoms with Crippen molar-refractivity contribution in [2.45, 2.75) is 5.79 Å². The molecular formula is C5H4BrO4-. The molecule has 1 aliphatic heterocycles. The van der Waals surface area contributed by atoms with Crippen LogP contribution in [0.5, 0.6) is 0 Å². The van der Waals surface area contributed by atoms with Gasteiger partial charge in [0.2, 0.25) is 0 Å². The second kappa shape index (κ2) is 2.49. The second-order valence-electron chi connectivity index (χ2n) is 1.68. The molecule has 0 aromatic carbocycles. The van der Waals surface area contributed by atoms with Crippen LogP contribution in [0.2, 0.25) is 0 Å². The first kappa shape index (κ1) is 7.40. The maximum atomic E-state index is 10.3. The number of alkyl halides is 1. The van der Waals surface area contributed by atoms with E-state index in [2.05, 4.69) is 25.4 Å². The normalized spacial score (nSPS) is 19.7. The van der Waals surface area contributed by atoms with E-state index in [9.17, 15) is 9.90 Å². The number of halogens is 1. The van der Waals surface area contributed by atoms with E-state index in [0.717, 1.165) is 12.5 Å². The minimum Gasteiger partial charge on any atom is -0.543 e. The molecule has 4 nitrogen and oxygen atoms in total. The lowest BCUT2D eigenvalue weighted by molar-refractivity contribution is -0.339. The van der Waals surface area contributed by atoms with Gasteiger partial charge in [-0.2, -0.15) is 0 Å². The zero-order chi connectivity index (χ0) is 7.61. The summed E-state index contributed by atoms with van der Waals surface area (Å²) in [7, 11) is 0. The maximum absolute atomic E-state index is 10.3. The summed E-state index contributed by atoms with van der Waals surface area (Å²) < 4.78 is 9.28. The van der Waals surface area contributed by atoms with Gasteiger partial charge in [-0.1, -0.05) is 15.9 Å². The van der Waals surface area contributed by atoms with Crippen molar-refractivity contribution in [2.24, 2.45) is 0 Å². The van der Waals surface area contributed by atoms with E-state index in [1.54, 1.807) is 0 Å². The van der Waals surface area contributed by atoms with Gasteiger partial charge in [-0.25, -0.2) is 0 Å². The molecule has 0 radical (unpaired) electrons. The van der Waals surface area contributed by atoms with Gasteiger partial charge in [0.15, 0.2) is 0 Å². The van der Waals surface area contributed by atoms with Gasteiger partial charge in [0.25, 0.3) is 0 Å². The van der Waals surface area contributed by atoms with Crippen molar-refractivity contribution < 1.29 is 19.4 Å². The van der Waals surface area contributed by atoms with Gasteiger partial charge in [0, 0.05) is 0 Å². The number of rotatable bonds is 2. The topological polar surface area (TPSA) is 58.6 Å². The summed E-state index contributed by atoms with van der Waals surface area (Å²) in [4.78, 5) is 10.3. The van der Waals surface area contributed by atoms with Crippen molar-refractivity contribution >= 4 is 21.9 Å². The Morgan fingerprint density at radius 1 is 1.60 bits per heavy atom. The Kier molecular flexibility index (Phi) is 1.85. The Labute approximate surface area is 65.6 Å². The summed E-state index contributed by atoms with van der Waals surface area (Å²) in [6, 6.07) is 0. The first-order valence-electron chi connectivity index (χ1n) is 2.49. The van der Waals surface area contributed by atoms with Gasteiger partial charge < -0.3 is 19.4 Å². The number of carbonyl (C=O) groups is 1. The highest BCUT2D eigenvalue weighted by molar-refractivity contribution is 9.09. The number of hydrogen-bond acceptors (Lipinski definition) is 4. The molecule has 0 spiro atoms. The molecule has 0 bridgehead atoms. The van der Waals surface area contributed by atoms with Crippen LogP contribution in [0.25, 0.3) is 0 Å². The summed E-state index contributed by atoms with van der Waals surface area (Å²) in [5, 5.41) is 10.4. The molecule has 0 saturated heterocycles. The van der Waals surface area contributed by atoms with Crippen LogP contribution in [0.4, 0.5) is 0 Å². The second-order valence-corrected chi connectivity index (χ2v) is 2.24. The van der Waals surface area contributed by atoms with E-state index in [1.807, 2.05) is 0 Å². The quantitative estimate of drug-likeness (QED) is 0.565. The Morgan fingerprint density at radius 2 is 2.10 bits per heavy atom. The molecule has 56 valence electrons. The van der Waals surface area contributed by atoms with Gasteiger partial charge in [-0.15, -0.1) is 0 Å². The van der Waals surface area contributed by atoms with Crippen LogP contribution >= 0.6 is 15.9 Å². The Balaban J connectivity index is 2.70. The molecule has 0 aromatic rings. The summed E-state index contributed by atoms with van der Waals surface area (Å²) in [5.41, 5.74) is 0. The minimum atomic E-state index is -1.65. The molecule has 0 unspecified atom stereocenters. The van der Waals surface area contributed by atoms with E-state index in [0.29, 0.717) is 0 Å². The summed E-state index contributed by atoms with van der Waals surface area (Å²) >= 11 is 2.92. The van der Waals surface area contributed by atoms with Crippen molar-refractivity contribution in [1.29, 1.82) is 0 Å². The van der Waals surface area contributed by atoms with Gasteiger partial charge >= 0.3 is 5.79 Å². The number of ether oxygens (including phenoxy) is 2. The van der Waals surface area contributed by atoms with E-state index in [-0.39, 0.29) is 5.33 Å². The van der Waals surface area contributed by atoms with Crippen molar-refractivity contribution in [2.75, 3.05) is 5.33 Å². The average molecular weight is 208 g/mol. The average Bonchev–Trinajstić information content (AvgIpc) is 2.35. The van der Waals surface area contributed by atoms with Gasteiger partial charge in [0.1, 0.15) is 18.5 Å². The van der Waals surface area contributed by atoms with Crippen LogP contribution < -0.4 is 5.11 Å². The molecule has 1 heterocycles. The molecule has 0 N–H and O–H groups in total. The van der Waals surface area contributed by atoms with Crippen molar-refractivity contribution in [3.8, 4) is 0 Å². The number of aliphatic carboxylic acids is 1. The largest absolute Gasteiger partial charge is 0.543 e. The molecule has 0 amide bonds. The van der Waals surface area contributed by atoms with Crippen LogP contribution in [-0.4, -0.2) is 17.1 Å². The lowest BCUT2D eigenvalue weighted by Crippen LogP contribution is -2.50. The van der Waals surface area contributed by atoms with Crippen LogP contribution in [-0.2, 0) is 14.3 Å². The SMILES string of the molecule is O=C([O-])C1(CBr)OC=CO1. The first-order chi connectivity index (χ1) is 4.71. The van der Waals surface area contributed by atoms with E-state index in [1.165, 1.54) is 0 Å². The third-order valence-corrected chi connectivity index (χ3v) is 1.80. The fraction of sp³-hybridized carbons (Fsp3) is 0.400. The maximum Gasteiger partial charge on any atom is 0.301 e. The highest BCUT2D eigenvalue weighted by Gasteiger charge is 2.36. The third kappa shape index (κ3) is 0.965. The van der Waals surface area contributed by atoms with E-state index in [4.69, 9.17) is 0 Å². The number of carbonyl (C=O) groups excluding carboxylic acids is 1. The summed E-state index contributed by atoms with van der Waals surface area (Å²) in [5.74, 6) is -3.05. The Morgan fingerprint density at radius 3 is 2.30 bits per heavy atom. The number of carboxylic acid groups (broad SMARTS) is 1.